The van der Waals surface area contributed by atoms with E-state index in [1.807, 2.05) is 48.5 Å². The van der Waals surface area contributed by atoms with Gasteiger partial charge in [0.05, 0.1) is 27.4 Å². The fourth-order valence-electron chi connectivity index (χ4n) is 3.40. The molecule has 3 aromatic carbocycles. The molecule has 5 rings (SSSR count). The van der Waals surface area contributed by atoms with E-state index in [0.29, 0.717) is 16.6 Å². The van der Waals surface area contributed by atoms with Crippen molar-refractivity contribution in [3.8, 4) is 10.6 Å². The highest BCUT2D eigenvalue weighted by Crippen LogP contribution is 2.30. The van der Waals surface area contributed by atoms with Crippen LogP contribution in [0.3, 0.4) is 0 Å². The fraction of sp³-hybridized carbons (Fsp3) is 0.0833. The highest BCUT2D eigenvalue weighted by molar-refractivity contribution is 7.21. The van der Waals surface area contributed by atoms with Gasteiger partial charge in [0.2, 0.25) is 5.91 Å². The van der Waals surface area contributed by atoms with Crippen molar-refractivity contribution < 1.29 is 4.79 Å². The molecule has 0 spiro atoms. The van der Waals surface area contributed by atoms with Gasteiger partial charge in [-0.25, -0.2) is 9.97 Å². The van der Waals surface area contributed by atoms with E-state index in [0.717, 1.165) is 20.8 Å². The summed E-state index contributed by atoms with van der Waals surface area (Å²) in [5.74, 6) is -0.159. The Labute approximate surface area is 181 Å². The zero-order chi connectivity index (χ0) is 21.2. The summed E-state index contributed by atoms with van der Waals surface area (Å²) in [4.78, 5) is 33.8. The zero-order valence-corrected chi connectivity index (χ0v) is 17.3. The minimum Gasteiger partial charge on any atom is -0.326 e. The molecule has 0 saturated carbocycles. The van der Waals surface area contributed by atoms with Gasteiger partial charge in [-0.2, -0.15) is 0 Å². The number of nitrogens with one attached hydrogen (secondary N) is 1. The molecule has 2 heterocycles. The quantitative estimate of drug-likeness (QED) is 0.442. The summed E-state index contributed by atoms with van der Waals surface area (Å²) < 4.78 is 2.62. The van der Waals surface area contributed by atoms with Gasteiger partial charge in [-0.1, -0.05) is 24.3 Å². The number of aromatic nitrogens is 3. The Hall–Kier alpha value is -3.84. The molecule has 0 aliphatic carbocycles. The third kappa shape index (κ3) is 3.95. The first-order valence-electron chi connectivity index (χ1n) is 9.87. The second-order valence-corrected chi connectivity index (χ2v) is 8.15. The molecule has 0 unspecified atom stereocenters. The molecule has 2 aromatic heterocycles. The maximum Gasteiger partial charge on any atom is 0.261 e. The summed E-state index contributed by atoms with van der Waals surface area (Å²) in [7, 11) is 0. The second kappa shape index (κ2) is 8.12. The van der Waals surface area contributed by atoms with Gasteiger partial charge in [0.15, 0.2) is 0 Å². The van der Waals surface area contributed by atoms with E-state index in [4.69, 9.17) is 0 Å². The number of rotatable bonds is 5. The Morgan fingerprint density at radius 2 is 1.68 bits per heavy atom. The number of carbonyl (C=O) groups is 1. The molecule has 0 aliphatic rings. The molecule has 0 bridgehead atoms. The largest absolute Gasteiger partial charge is 0.326 e. The average molecular weight is 427 g/mol. The van der Waals surface area contributed by atoms with E-state index >= 15 is 0 Å². The van der Waals surface area contributed by atoms with Crippen LogP contribution in [0.1, 0.15) is 6.42 Å². The second-order valence-electron chi connectivity index (χ2n) is 7.12. The minimum atomic E-state index is -0.159. The summed E-state index contributed by atoms with van der Waals surface area (Å²) in [5.41, 5.74) is 3.21. The molecule has 5 aromatic rings. The lowest BCUT2D eigenvalue weighted by Crippen LogP contribution is -2.23. The smallest absolute Gasteiger partial charge is 0.261 e. The van der Waals surface area contributed by atoms with Gasteiger partial charge in [0, 0.05) is 24.2 Å². The predicted molar refractivity (Wildman–Crippen MR) is 124 cm³/mol. The molecule has 0 aliphatic heterocycles. The maximum atomic E-state index is 12.5. The molecular weight excluding hydrogens is 408 g/mol. The summed E-state index contributed by atoms with van der Waals surface area (Å²) in [6.45, 7) is 0.270. The molecule has 0 radical (unpaired) electrons. The van der Waals surface area contributed by atoms with Crippen LogP contribution in [0.5, 0.6) is 0 Å². The first kappa shape index (κ1) is 19.1. The van der Waals surface area contributed by atoms with Crippen molar-refractivity contribution in [2.75, 3.05) is 5.32 Å². The third-order valence-corrected chi connectivity index (χ3v) is 6.11. The zero-order valence-electron chi connectivity index (χ0n) is 16.5. The molecule has 152 valence electrons. The monoisotopic (exact) mass is 426 g/mol. The van der Waals surface area contributed by atoms with Crippen molar-refractivity contribution >= 4 is 44.1 Å². The Morgan fingerprint density at radius 1 is 0.935 bits per heavy atom. The van der Waals surface area contributed by atoms with Crippen LogP contribution in [0.25, 0.3) is 31.7 Å². The van der Waals surface area contributed by atoms with Crippen LogP contribution in [0.4, 0.5) is 5.69 Å². The van der Waals surface area contributed by atoms with Crippen molar-refractivity contribution in [2.24, 2.45) is 0 Å². The van der Waals surface area contributed by atoms with Crippen LogP contribution in [-0.4, -0.2) is 20.4 Å². The van der Waals surface area contributed by atoms with E-state index in [2.05, 4.69) is 21.4 Å². The Morgan fingerprint density at radius 3 is 2.48 bits per heavy atom. The molecule has 7 heteroatoms. The molecule has 0 atom stereocenters. The number of nitrogens with zero attached hydrogens (tertiary/aromatic N) is 3. The number of amides is 1. The number of thiazole rings is 1. The molecule has 0 fully saturated rings. The van der Waals surface area contributed by atoms with Crippen LogP contribution in [-0.2, 0) is 11.3 Å². The lowest BCUT2D eigenvalue weighted by molar-refractivity contribution is -0.116. The molecule has 6 nitrogen and oxygen atoms in total. The first-order valence-corrected chi connectivity index (χ1v) is 10.7. The predicted octanol–water partition coefficient (Wildman–Crippen LogP) is 4.70. The maximum absolute atomic E-state index is 12.5. The van der Waals surface area contributed by atoms with Crippen molar-refractivity contribution in [3.05, 3.63) is 89.5 Å². The number of hydrogen-bond acceptors (Lipinski definition) is 5. The van der Waals surface area contributed by atoms with Gasteiger partial charge >= 0.3 is 0 Å². The highest BCUT2D eigenvalue weighted by Gasteiger charge is 2.09. The summed E-state index contributed by atoms with van der Waals surface area (Å²) >= 11 is 1.64. The Kier molecular flexibility index (Phi) is 5.01. The van der Waals surface area contributed by atoms with Crippen molar-refractivity contribution in [1.29, 1.82) is 0 Å². The van der Waals surface area contributed by atoms with Gasteiger partial charge in [-0.15, -0.1) is 11.3 Å². The average Bonchev–Trinajstić information content (AvgIpc) is 3.24. The number of benzene rings is 3. The molecular formula is C24H18N4O2S. The summed E-state index contributed by atoms with van der Waals surface area (Å²) in [6.07, 6.45) is 1.67. The van der Waals surface area contributed by atoms with Gasteiger partial charge in [0.25, 0.3) is 5.56 Å². The minimum absolute atomic E-state index is 0.140. The Bertz CT molecular complexity index is 1420. The standard InChI is InChI=1S/C24H18N4O2S/c29-22(13-14-28-15-25-19-6-2-1-5-18(19)24(28)30)26-17-11-9-16(10-12-17)23-27-20-7-3-4-8-21(20)31-23/h1-12,15H,13-14H2,(H,26,29). The van der Waals surface area contributed by atoms with Gasteiger partial charge in [-0.3, -0.25) is 14.2 Å². The summed E-state index contributed by atoms with van der Waals surface area (Å²) in [5, 5.41) is 4.38. The first-order chi connectivity index (χ1) is 15.2. The molecule has 31 heavy (non-hydrogen) atoms. The van der Waals surface area contributed by atoms with E-state index in [1.54, 1.807) is 29.5 Å². The number of fused-ring (bicyclic) bond motifs is 2. The summed E-state index contributed by atoms with van der Waals surface area (Å²) in [6, 6.07) is 22.9. The lowest BCUT2D eigenvalue weighted by atomic mass is 10.2. The van der Waals surface area contributed by atoms with E-state index < -0.39 is 0 Å². The van der Waals surface area contributed by atoms with Gasteiger partial charge in [-0.05, 0) is 48.5 Å². The van der Waals surface area contributed by atoms with Gasteiger partial charge in [0.1, 0.15) is 5.01 Å². The van der Waals surface area contributed by atoms with Crippen LogP contribution < -0.4 is 10.9 Å². The van der Waals surface area contributed by atoms with E-state index in [1.165, 1.54) is 10.9 Å². The molecule has 0 saturated heterocycles. The van der Waals surface area contributed by atoms with Gasteiger partial charge < -0.3 is 5.32 Å². The number of hydrogen-bond donors (Lipinski definition) is 1. The van der Waals surface area contributed by atoms with Crippen LogP contribution in [0, 0.1) is 0 Å². The van der Waals surface area contributed by atoms with Crippen molar-refractivity contribution in [1.82, 2.24) is 14.5 Å². The van der Waals surface area contributed by atoms with E-state index in [9.17, 15) is 9.59 Å². The van der Waals surface area contributed by atoms with Crippen LogP contribution >= 0.6 is 11.3 Å². The normalized spacial score (nSPS) is 11.1. The topological polar surface area (TPSA) is 76.9 Å². The SMILES string of the molecule is O=C(CCn1cnc2ccccc2c1=O)Nc1ccc(-c2nc3ccccc3s2)cc1. The van der Waals surface area contributed by atoms with Crippen molar-refractivity contribution in [2.45, 2.75) is 13.0 Å². The van der Waals surface area contributed by atoms with Crippen LogP contribution in [0.2, 0.25) is 0 Å². The van der Waals surface area contributed by atoms with Crippen LogP contribution in [0.15, 0.2) is 83.9 Å². The third-order valence-electron chi connectivity index (χ3n) is 5.02. The molecule has 1 N–H and O–H groups in total. The lowest BCUT2D eigenvalue weighted by Gasteiger charge is -2.08. The number of aryl methyl sites for hydroxylation is 1. The van der Waals surface area contributed by atoms with E-state index in [-0.39, 0.29) is 24.4 Å². The highest BCUT2D eigenvalue weighted by atomic mass is 32.1. The Balaban J connectivity index is 1.24. The number of para-hydroxylation sites is 2. The number of anilines is 1. The fourth-order valence-corrected chi connectivity index (χ4v) is 4.37. The van der Waals surface area contributed by atoms with Crippen molar-refractivity contribution in [3.63, 3.8) is 0 Å². The molecule has 1 amide bonds. The number of carbonyl (C=O) groups excluding carboxylic acids is 1.